The number of fused-ring (bicyclic) bond motifs is 1. The molecular weight excluding hydrogens is 470 g/mol. The Bertz CT molecular complexity index is 1250. The van der Waals surface area contributed by atoms with Gasteiger partial charge in [-0.1, -0.05) is 23.4 Å². The molecule has 0 saturated carbocycles. The molecule has 2 N–H and O–H groups in total. The van der Waals surface area contributed by atoms with Crippen molar-refractivity contribution in [3.63, 3.8) is 0 Å². The molecule has 1 aliphatic rings. The normalized spacial score (nSPS) is 15.9. The minimum Gasteiger partial charge on any atom is -0.497 e. The fourth-order valence-corrected chi connectivity index (χ4v) is 5.17. The fraction of sp³-hybridized carbons (Fsp3) is 0.393. The third kappa shape index (κ3) is 5.92. The summed E-state index contributed by atoms with van der Waals surface area (Å²) in [6.07, 6.45) is 5.33. The smallest absolute Gasteiger partial charge is 0.141 e. The average molecular weight is 499 g/mol. The molecule has 2 aromatic carbocycles. The topological polar surface area (TPSA) is 54.4 Å². The van der Waals surface area contributed by atoms with E-state index in [2.05, 4.69) is 22.1 Å². The number of hydrogen-bond acceptors (Lipinski definition) is 4. The molecule has 0 spiro atoms. The van der Waals surface area contributed by atoms with Crippen molar-refractivity contribution < 1.29 is 18.6 Å². The number of pyridine rings is 1. The highest BCUT2D eigenvalue weighted by Crippen LogP contribution is 2.40. The van der Waals surface area contributed by atoms with Gasteiger partial charge in [-0.05, 0) is 86.5 Å². The van der Waals surface area contributed by atoms with Crippen molar-refractivity contribution in [1.82, 2.24) is 10.3 Å². The zero-order chi connectivity index (χ0) is 24.8. The van der Waals surface area contributed by atoms with Gasteiger partial charge in [0.2, 0.25) is 0 Å². The summed E-state index contributed by atoms with van der Waals surface area (Å²) in [5.41, 5.74) is 1.74. The van der Waals surface area contributed by atoms with E-state index in [0.717, 1.165) is 73.5 Å². The molecule has 3 aromatic rings. The minimum atomic E-state index is -0.693. The average Bonchev–Trinajstić information content (AvgIpc) is 2.86. The summed E-state index contributed by atoms with van der Waals surface area (Å²) in [5.74, 6) is 5.08. The van der Waals surface area contributed by atoms with E-state index in [1.807, 2.05) is 18.2 Å². The lowest BCUT2D eigenvalue weighted by molar-refractivity contribution is -0.00337. The highest BCUT2D eigenvalue weighted by molar-refractivity contribution is 6.32. The van der Waals surface area contributed by atoms with E-state index in [9.17, 15) is 13.9 Å². The van der Waals surface area contributed by atoms with Crippen LogP contribution in [0, 0.1) is 28.9 Å². The van der Waals surface area contributed by atoms with Crippen LogP contribution < -0.4 is 10.1 Å². The summed E-state index contributed by atoms with van der Waals surface area (Å²) in [5, 5.41) is 16.1. The Morgan fingerprint density at radius 3 is 2.74 bits per heavy atom. The predicted molar refractivity (Wildman–Crippen MR) is 135 cm³/mol. The number of aliphatic hydroxyl groups excluding tert-OH is 1. The Kier molecular flexibility index (Phi) is 8.22. The summed E-state index contributed by atoms with van der Waals surface area (Å²) in [6.45, 7) is 1.65. The Hall–Kier alpha value is -2.72. The Morgan fingerprint density at radius 2 is 2.00 bits per heavy atom. The van der Waals surface area contributed by atoms with Gasteiger partial charge in [0.15, 0.2) is 0 Å². The van der Waals surface area contributed by atoms with Crippen LogP contribution in [0.15, 0.2) is 42.6 Å². The van der Waals surface area contributed by atoms with E-state index >= 15 is 0 Å². The molecule has 1 fully saturated rings. The zero-order valence-corrected chi connectivity index (χ0v) is 20.5. The number of halogens is 3. The summed E-state index contributed by atoms with van der Waals surface area (Å²) in [7, 11) is 1.63. The summed E-state index contributed by atoms with van der Waals surface area (Å²) >= 11 is 6.53. The van der Waals surface area contributed by atoms with Gasteiger partial charge in [-0.2, -0.15) is 0 Å². The van der Waals surface area contributed by atoms with Crippen molar-refractivity contribution in [2.45, 2.75) is 44.6 Å². The number of nitrogens with zero attached hydrogens (tertiary/aromatic N) is 1. The predicted octanol–water partition coefficient (Wildman–Crippen LogP) is 5.67. The van der Waals surface area contributed by atoms with Gasteiger partial charge >= 0.3 is 0 Å². The SMILES string of the molecule is COc1ccc2ncc(Cl)c(CCCC3(C(O)CC#Cc4ccc(F)cc4F)CCNCC3)c2c1. The second-order valence-corrected chi connectivity index (χ2v) is 9.49. The molecule has 1 aromatic heterocycles. The Balaban J connectivity index is 1.48. The number of benzene rings is 2. The number of ether oxygens (including phenoxy) is 1. The second kappa shape index (κ2) is 11.3. The summed E-state index contributed by atoms with van der Waals surface area (Å²) in [4.78, 5) is 4.43. The van der Waals surface area contributed by atoms with Gasteiger partial charge in [0.25, 0.3) is 0 Å². The minimum absolute atomic E-state index is 0.132. The molecule has 0 aliphatic carbocycles. The van der Waals surface area contributed by atoms with Crippen LogP contribution in [-0.2, 0) is 6.42 Å². The van der Waals surface area contributed by atoms with Crippen molar-refractivity contribution in [3.05, 3.63) is 70.4 Å². The zero-order valence-electron chi connectivity index (χ0n) is 19.7. The van der Waals surface area contributed by atoms with Gasteiger partial charge in [0.05, 0.1) is 29.3 Å². The molecule has 7 heteroatoms. The molecule has 1 aliphatic heterocycles. The van der Waals surface area contributed by atoms with Gasteiger partial charge in [0.1, 0.15) is 17.4 Å². The van der Waals surface area contributed by atoms with E-state index in [-0.39, 0.29) is 17.4 Å². The van der Waals surface area contributed by atoms with Gasteiger partial charge in [-0.3, -0.25) is 4.98 Å². The van der Waals surface area contributed by atoms with Crippen LogP contribution in [0.4, 0.5) is 8.78 Å². The molecule has 0 radical (unpaired) electrons. The van der Waals surface area contributed by atoms with Crippen molar-refractivity contribution in [1.29, 1.82) is 0 Å². The number of aryl methyl sites for hydroxylation is 1. The first-order valence-electron chi connectivity index (χ1n) is 11.9. The van der Waals surface area contributed by atoms with Gasteiger partial charge in [-0.25, -0.2) is 8.78 Å². The van der Waals surface area contributed by atoms with E-state index in [1.54, 1.807) is 13.3 Å². The number of nitrogens with one attached hydrogen (secondary N) is 1. The molecule has 1 saturated heterocycles. The van der Waals surface area contributed by atoms with Gasteiger partial charge in [0, 0.05) is 24.1 Å². The molecule has 35 heavy (non-hydrogen) atoms. The molecule has 0 amide bonds. The Morgan fingerprint density at radius 1 is 1.20 bits per heavy atom. The van der Waals surface area contributed by atoms with E-state index in [0.29, 0.717) is 5.02 Å². The summed E-state index contributed by atoms with van der Waals surface area (Å²) in [6, 6.07) is 9.09. The molecule has 4 nitrogen and oxygen atoms in total. The highest BCUT2D eigenvalue weighted by atomic mass is 35.5. The lowest BCUT2D eigenvalue weighted by Gasteiger charge is -2.41. The van der Waals surface area contributed by atoms with Gasteiger partial charge < -0.3 is 15.2 Å². The molecule has 4 rings (SSSR count). The largest absolute Gasteiger partial charge is 0.497 e. The van der Waals surface area contributed by atoms with Crippen LogP contribution in [0.5, 0.6) is 5.75 Å². The van der Waals surface area contributed by atoms with Crippen LogP contribution in [0.2, 0.25) is 5.02 Å². The first kappa shape index (κ1) is 25.4. The van der Waals surface area contributed by atoms with Crippen molar-refractivity contribution in [3.8, 4) is 17.6 Å². The van der Waals surface area contributed by atoms with Crippen LogP contribution in [-0.4, -0.2) is 36.4 Å². The van der Waals surface area contributed by atoms with Crippen molar-refractivity contribution in [2.24, 2.45) is 5.41 Å². The second-order valence-electron chi connectivity index (χ2n) is 9.08. The van der Waals surface area contributed by atoms with Crippen LogP contribution in [0.25, 0.3) is 10.9 Å². The first-order chi connectivity index (χ1) is 16.9. The molecule has 184 valence electrons. The van der Waals surface area contributed by atoms with E-state index < -0.39 is 17.7 Å². The number of aromatic nitrogens is 1. The van der Waals surface area contributed by atoms with Crippen LogP contribution in [0.3, 0.4) is 0 Å². The number of aliphatic hydroxyl groups is 1. The number of methoxy groups -OCH3 is 1. The van der Waals surface area contributed by atoms with E-state index in [4.69, 9.17) is 16.3 Å². The fourth-order valence-electron chi connectivity index (χ4n) is 4.93. The van der Waals surface area contributed by atoms with Gasteiger partial charge in [-0.15, -0.1) is 0 Å². The molecule has 2 heterocycles. The van der Waals surface area contributed by atoms with Crippen molar-refractivity contribution >= 4 is 22.5 Å². The van der Waals surface area contributed by atoms with Crippen LogP contribution in [0.1, 0.15) is 43.2 Å². The maximum absolute atomic E-state index is 13.9. The third-order valence-electron chi connectivity index (χ3n) is 6.99. The molecule has 0 bridgehead atoms. The standard InChI is InChI=1S/C28H29ClF2N2O2/c1-35-21-9-10-26-23(17-21)22(24(29)18-33-26)5-3-11-28(12-14-32-15-13-28)27(34)6-2-4-19-7-8-20(30)16-25(19)31/h7-10,16-18,27,32,34H,3,5-6,11-15H2,1H3. The number of rotatable bonds is 7. The molecule has 1 atom stereocenters. The molecule has 1 unspecified atom stereocenters. The lowest BCUT2D eigenvalue weighted by Crippen LogP contribution is -2.44. The van der Waals surface area contributed by atoms with Crippen LogP contribution >= 0.6 is 11.6 Å². The number of piperidine rings is 1. The number of hydrogen-bond donors (Lipinski definition) is 2. The maximum atomic E-state index is 13.9. The summed E-state index contributed by atoms with van der Waals surface area (Å²) < 4.78 is 32.4. The van der Waals surface area contributed by atoms with E-state index in [1.165, 1.54) is 12.1 Å². The highest BCUT2D eigenvalue weighted by Gasteiger charge is 2.38. The maximum Gasteiger partial charge on any atom is 0.141 e. The Labute approximate surface area is 209 Å². The van der Waals surface area contributed by atoms with Crippen molar-refractivity contribution in [2.75, 3.05) is 20.2 Å². The lowest BCUT2D eigenvalue weighted by atomic mass is 9.69. The molecular formula is C28H29ClF2N2O2. The first-order valence-corrected chi connectivity index (χ1v) is 12.2. The third-order valence-corrected chi connectivity index (χ3v) is 7.32. The monoisotopic (exact) mass is 498 g/mol. The quantitative estimate of drug-likeness (QED) is 0.412.